The van der Waals surface area contributed by atoms with Crippen molar-refractivity contribution in [2.45, 2.75) is 18.9 Å². The van der Waals surface area contributed by atoms with Crippen molar-refractivity contribution in [3.8, 4) is 0 Å². The molecule has 0 radical (unpaired) electrons. The Balaban J connectivity index is 3.04. The number of carboxylic acid groups (broad SMARTS) is 1. The van der Waals surface area contributed by atoms with Crippen LogP contribution in [0.2, 0.25) is 5.02 Å². The van der Waals surface area contributed by atoms with Crippen LogP contribution in [0, 0.1) is 5.82 Å². The zero-order valence-corrected chi connectivity index (χ0v) is 8.75. The molecule has 0 aliphatic carbocycles. The predicted molar refractivity (Wildman–Crippen MR) is 53.4 cm³/mol. The molecule has 0 aliphatic rings. The number of hydrogen-bond acceptors (Lipinski definition) is 2. The van der Waals surface area contributed by atoms with Gasteiger partial charge in [0.05, 0.1) is 0 Å². The van der Waals surface area contributed by atoms with Crippen LogP contribution in [0.15, 0.2) is 18.2 Å². The van der Waals surface area contributed by atoms with Crippen LogP contribution in [-0.2, 0) is 11.2 Å². The van der Waals surface area contributed by atoms with Gasteiger partial charge in [-0.1, -0.05) is 17.7 Å². The van der Waals surface area contributed by atoms with E-state index in [1.165, 1.54) is 18.2 Å². The van der Waals surface area contributed by atoms with Gasteiger partial charge in [-0.3, -0.25) is 0 Å². The number of benzene rings is 1. The third-order valence-electron chi connectivity index (χ3n) is 2.04. The van der Waals surface area contributed by atoms with Crippen molar-refractivity contribution >= 4 is 17.6 Å². The largest absolute Gasteiger partial charge is 0.479 e. The van der Waals surface area contributed by atoms with Crippen LogP contribution in [0.5, 0.6) is 0 Å². The summed E-state index contributed by atoms with van der Waals surface area (Å²) in [4.78, 5) is 10.6. The maximum absolute atomic E-state index is 13.3. The highest BCUT2D eigenvalue weighted by Crippen LogP contribution is 2.23. The highest BCUT2D eigenvalue weighted by molar-refractivity contribution is 6.31. The van der Waals surface area contributed by atoms with Gasteiger partial charge < -0.3 is 10.2 Å². The van der Waals surface area contributed by atoms with Crippen LogP contribution in [-0.4, -0.2) is 21.8 Å². The van der Waals surface area contributed by atoms with E-state index in [1.54, 1.807) is 0 Å². The van der Waals surface area contributed by atoms with Gasteiger partial charge in [-0.25, -0.2) is 9.18 Å². The molecule has 0 aliphatic heterocycles. The fourth-order valence-corrected chi connectivity index (χ4v) is 1.35. The van der Waals surface area contributed by atoms with Gasteiger partial charge >= 0.3 is 5.97 Å². The molecule has 82 valence electrons. The quantitative estimate of drug-likeness (QED) is 0.836. The van der Waals surface area contributed by atoms with Gasteiger partial charge in [-0.05, 0) is 19.1 Å². The Bertz CT molecular complexity index is 370. The number of halogens is 2. The summed E-state index contributed by atoms with van der Waals surface area (Å²) in [6.07, 6.45) is -0.367. The summed E-state index contributed by atoms with van der Waals surface area (Å²) in [5.74, 6) is -2.04. The topological polar surface area (TPSA) is 57.5 Å². The molecule has 3 nitrogen and oxygen atoms in total. The lowest BCUT2D eigenvalue weighted by Gasteiger charge is -2.18. The van der Waals surface area contributed by atoms with E-state index in [2.05, 4.69) is 0 Å². The van der Waals surface area contributed by atoms with Crippen molar-refractivity contribution in [3.63, 3.8) is 0 Å². The van der Waals surface area contributed by atoms with E-state index in [9.17, 15) is 14.3 Å². The smallest absolute Gasteiger partial charge is 0.335 e. The highest BCUT2D eigenvalue weighted by atomic mass is 35.5. The predicted octanol–water partition coefficient (Wildman–Crippen LogP) is 1.86. The zero-order chi connectivity index (χ0) is 11.6. The molecule has 0 spiro atoms. The summed E-state index contributed by atoms with van der Waals surface area (Å²) in [6, 6.07) is 4.02. The molecule has 15 heavy (non-hydrogen) atoms. The minimum atomic E-state index is -2.02. The number of aliphatic hydroxyl groups is 1. The van der Waals surface area contributed by atoms with E-state index >= 15 is 0 Å². The second-order valence-electron chi connectivity index (χ2n) is 3.46. The third kappa shape index (κ3) is 2.67. The molecule has 1 rings (SSSR count). The van der Waals surface area contributed by atoms with Crippen LogP contribution < -0.4 is 0 Å². The van der Waals surface area contributed by atoms with Crippen LogP contribution in [0.25, 0.3) is 0 Å². The first-order valence-electron chi connectivity index (χ1n) is 4.23. The number of hydrogen-bond donors (Lipinski definition) is 2. The third-order valence-corrected chi connectivity index (χ3v) is 2.40. The minimum Gasteiger partial charge on any atom is -0.479 e. The lowest BCUT2D eigenvalue weighted by molar-refractivity contribution is -0.156. The molecule has 0 bridgehead atoms. The van der Waals surface area contributed by atoms with Gasteiger partial charge in [-0.2, -0.15) is 0 Å². The van der Waals surface area contributed by atoms with Gasteiger partial charge in [0, 0.05) is 17.0 Å². The van der Waals surface area contributed by atoms with E-state index in [1.807, 2.05) is 0 Å². The SMILES string of the molecule is CC(O)(Cc1c(F)cccc1Cl)C(=O)O. The number of carboxylic acids is 1. The Morgan fingerprint density at radius 2 is 2.20 bits per heavy atom. The maximum atomic E-state index is 13.3. The van der Waals surface area contributed by atoms with Gasteiger partial charge in [0.2, 0.25) is 0 Å². The Labute approximate surface area is 91.1 Å². The van der Waals surface area contributed by atoms with E-state index in [-0.39, 0.29) is 17.0 Å². The van der Waals surface area contributed by atoms with E-state index in [0.29, 0.717) is 0 Å². The lowest BCUT2D eigenvalue weighted by atomic mass is 9.96. The molecule has 2 N–H and O–H groups in total. The number of aliphatic carboxylic acids is 1. The molecular formula is C10H10ClFO3. The summed E-state index contributed by atoms with van der Waals surface area (Å²) < 4.78 is 13.3. The lowest BCUT2D eigenvalue weighted by Crippen LogP contribution is -2.37. The molecule has 0 aromatic heterocycles. The van der Waals surface area contributed by atoms with Crippen molar-refractivity contribution in [1.29, 1.82) is 0 Å². The van der Waals surface area contributed by atoms with E-state index < -0.39 is 17.4 Å². The molecule has 0 amide bonds. The van der Waals surface area contributed by atoms with Crippen molar-refractivity contribution in [2.75, 3.05) is 0 Å². The van der Waals surface area contributed by atoms with Crippen molar-refractivity contribution in [2.24, 2.45) is 0 Å². The standard InChI is InChI=1S/C10H10ClFO3/c1-10(15,9(13)14)5-6-7(11)3-2-4-8(6)12/h2-4,15H,5H2,1H3,(H,13,14). The normalized spacial score (nSPS) is 14.7. The molecule has 5 heteroatoms. The van der Waals surface area contributed by atoms with Crippen LogP contribution in [0.1, 0.15) is 12.5 Å². The average Bonchev–Trinajstić information content (AvgIpc) is 2.11. The molecule has 0 saturated carbocycles. The first-order chi connectivity index (χ1) is 6.84. The first-order valence-corrected chi connectivity index (χ1v) is 4.61. The molecule has 0 saturated heterocycles. The van der Waals surface area contributed by atoms with Gasteiger partial charge in [0.15, 0.2) is 5.60 Å². The molecule has 1 atom stereocenters. The number of carbonyl (C=O) groups is 1. The minimum absolute atomic E-state index is 0.00608. The fourth-order valence-electron chi connectivity index (χ4n) is 1.12. The van der Waals surface area contributed by atoms with E-state index in [4.69, 9.17) is 16.7 Å². The molecule has 1 aromatic rings. The summed E-state index contributed by atoms with van der Waals surface area (Å²) in [7, 11) is 0. The van der Waals surface area contributed by atoms with Crippen LogP contribution in [0.4, 0.5) is 4.39 Å². The van der Waals surface area contributed by atoms with Crippen molar-refractivity contribution in [1.82, 2.24) is 0 Å². The maximum Gasteiger partial charge on any atom is 0.335 e. The monoisotopic (exact) mass is 232 g/mol. The van der Waals surface area contributed by atoms with Gasteiger partial charge in [0.1, 0.15) is 5.82 Å². The summed E-state index contributed by atoms with van der Waals surface area (Å²) >= 11 is 5.70. The Kier molecular flexibility index (Phi) is 3.31. The van der Waals surface area contributed by atoms with Gasteiger partial charge in [0.25, 0.3) is 0 Å². The molecule has 0 fully saturated rings. The second kappa shape index (κ2) is 4.16. The molecule has 0 heterocycles. The highest BCUT2D eigenvalue weighted by Gasteiger charge is 2.31. The summed E-state index contributed by atoms with van der Waals surface area (Å²) in [6.45, 7) is 1.10. The van der Waals surface area contributed by atoms with E-state index in [0.717, 1.165) is 6.92 Å². The number of rotatable bonds is 3. The summed E-state index contributed by atoms with van der Waals surface area (Å²) in [5.41, 5.74) is -2.02. The van der Waals surface area contributed by atoms with Crippen molar-refractivity contribution < 1.29 is 19.4 Å². The zero-order valence-electron chi connectivity index (χ0n) is 8.00. The Hall–Kier alpha value is -1.13. The second-order valence-corrected chi connectivity index (χ2v) is 3.86. The first kappa shape index (κ1) is 11.9. The average molecular weight is 233 g/mol. The Morgan fingerprint density at radius 3 is 2.67 bits per heavy atom. The van der Waals surface area contributed by atoms with Crippen LogP contribution in [0.3, 0.4) is 0 Å². The van der Waals surface area contributed by atoms with Crippen molar-refractivity contribution in [3.05, 3.63) is 34.6 Å². The van der Waals surface area contributed by atoms with Gasteiger partial charge in [-0.15, -0.1) is 0 Å². The molecular weight excluding hydrogens is 223 g/mol. The Morgan fingerprint density at radius 1 is 1.60 bits per heavy atom. The molecule has 1 unspecified atom stereocenters. The fraction of sp³-hybridized carbons (Fsp3) is 0.300. The molecule has 1 aromatic carbocycles. The van der Waals surface area contributed by atoms with Crippen LogP contribution >= 0.6 is 11.6 Å². The summed E-state index contributed by atoms with van der Waals surface area (Å²) in [5, 5.41) is 18.2.